The number of rotatable bonds is 3. The third-order valence-electron chi connectivity index (χ3n) is 7.68. The summed E-state index contributed by atoms with van der Waals surface area (Å²) in [6.07, 6.45) is 8.55. The van der Waals surface area contributed by atoms with Gasteiger partial charge in [0.15, 0.2) is 0 Å². The van der Waals surface area contributed by atoms with Gasteiger partial charge in [0.2, 0.25) is 0 Å². The van der Waals surface area contributed by atoms with E-state index in [0.717, 1.165) is 24.7 Å². The maximum atomic E-state index is 11.1. The number of aromatic hydroxyl groups is 1. The fraction of sp³-hybridized carbons (Fsp3) is 0.682. The molecule has 0 spiro atoms. The average molecular weight is 342 g/mol. The SMILES string of the molecule is CC(=O)OCCC1CCC2C3CCc4cc(O)ccc4C3CCC12C. The Morgan fingerprint density at radius 2 is 2.12 bits per heavy atom. The van der Waals surface area contributed by atoms with Crippen molar-refractivity contribution in [3.63, 3.8) is 0 Å². The van der Waals surface area contributed by atoms with Gasteiger partial charge in [-0.15, -0.1) is 0 Å². The van der Waals surface area contributed by atoms with E-state index in [1.165, 1.54) is 50.2 Å². The van der Waals surface area contributed by atoms with E-state index >= 15 is 0 Å². The largest absolute Gasteiger partial charge is 0.508 e. The van der Waals surface area contributed by atoms with Crippen LogP contribution in [0.25, 0.3) is 0 Å². The molecule has 0 heterocycles. The Morgan fingerprint density at radius 3 is 2.92 bits per heavy atom. The summed E-state index contributed by atoms with van der Waals surface area (Å²) < 4.78 is 5.23. The van der Waals surface area contributed by atoms with Gasteiger partial charge in [-0.3, -0.25) is 4.79 Å². The molecule has 3 aliphatic rings. The summed E-state index contributed by atoms with van der Waals surface area (Å²) in [7, 11) is 0. The number of hydrogen-bond donors (Lipinski definition) is 1. The Kier molecular flexibility index (Phi) is 4.29. The van der Waals surface area contributed by atoms with E-state index in [1.54, 1.807) is 0 Å². The Bertz CT molecular complexity index is 667. The average Bonchev–Trinajstić information content (AvgIpc) is 2.91. The first-order valence-electron chi connectivity index (χ1n) is 9.94. The molecule has 0 amide bonds. The van der Waals surface area contributed by atoms with Crippen LogP contribution in [0.15, 0.2) is 18.2 Å². The van der Waals surface area contributed by atoms with Gasteiger partial charge in [-0.1, -0.05) is 13.0 Å². The molecule has 3 heteroatoms. The number of hydrogen-bond acceptors (Lipinski definition) is 3. The first-order chi connectivity index (χ1) is 12.0. The summed E-state index contributed by atoms with van der Waals surface area (Å²) >= 11 is 0. The number of ether oxygens (including phenoxy) is 1. The molecule has 2 fully saturated rings. The van der Waals surface area contributed by atoms with Gasteiger partial charge in [0.1, 0.15) is 5.75 Å². The monoisotopic (exact) mass is 342 g/mol. The van der Waals surface area contributed by atoms with Crippen LogP contribution in [0.2, 0.25) is 0 Å². The number of aryl methyl sites for hydroxylation is 1. The Balaban J connectivity index is 1.52. The molecule has 5 atom stereocenters. The minimum atomic E-state index is -0.157. The third-order valence-corrected chi connectivity index (χ3v) is 7.68. The highest BCUT2D eigenvalue weighted by atomic mass is 16.5. The van der Waals surface area contributed by atoms with Gasteiger partial charge < -0.3 is 9.84 Å². The first kappa shape index (κ1) is 16.9. The van der Waals surface area contributed by atoms with E-state index in [0.29, 0.717) is 29.6 Å². The lowest BCUT2D eigenvalue weighted by Crippen LogP contribution is -2.42. The number of carbonyl (C=O) groups excluding carboxylic acids is 1. The van der Waals surface area contributed by atoms with Crippen LogP contribution in [0, 0.1) is 23.2 Å². The van der Waals surface area contributed by atoms with Crippen LogP contribution < -0.4 is 0 Å². The van der Waals surface area contributed by atoms with Gasteiger partial charge in [-0.25, -0.2) is 0 Å². The maximum Gasteiger partial charge on any atom is 0.302 e. The zero-order valence-corrected chi connectivity index (χ0v) is 15.5. The fourth-order valence-corrected chi connectivity index (χ4v) is 6.50. The number of phenolic OH excluding ortho intramolecular Hbond substituents is 1. The van der Waals surface area contributed by atoms with Gasteiger partial charge in [0, 0.05) is 6.92 Å². The van der Waals surface area contributed by atoms with Gasteiger partial charge in [0.25, 0.3) is 0 Å². The second-order valence-corrected chi connectivity index (χ2v) is 8.75. The zero-order valence-electron chi connectivity index (χ0n) is 15.5. The number of benzene rings is 1. The maximum absolute atomic E-state index is 11.1. The smallest absolute Gasteiger partial charge is 0.302 e. The van der Waals surface area contributed by atoms with Gasteiger partial charge in [-0.2, -0.15) is 0 Å². The van der Waals surface area contributed by atoms with E-state index in [4.69, 9.17) is 4.74 Å². The second-order valence-electron chi connectivity index (χ2n) is 8.75. The van der Waals surface area contributed by atoms with Crippen molar-refractivity contribution in [1.82, 2.24) is 0 Å². The molecule has 0 aliphatic heterocycles. The van der Waals surface area contributed by atoms with E-state index in [2.05, 4.69) is 13.0 Å². The standard InChI is InChI=1S/C22H30O3/c1-14(23)25-12-10-16-4-8-21-20-6-3-15-13-17(24)5-7-18(15)19(20)9-11-22(16,21)2/h5,7,13,16,19-21,24H,3-4,6,8-12H2,1-2H3. The number of fused-ring (bicyclic) bond motifs is 5. The van der Waals surface area contributed by atoms with Crippen LogP contribution in [0.3, 0.4) is 0 Å². The van der Waals surface area contributed by atoms with Crippen LogP contribution in [0.5, 0.6) is 5.75 Å². The number of phenols is 1. The molecule has 0 bridgehead atoms. The lowest BCUT2D eigenvalue weighted by molar-refractivity contribution is -0.141. The van der Waals surface area contributed by atoms with Gasteiger partial charge >= 0.3 is 5.97 Å². The van der Waals surface area contributed by atoms with Crippen molar-refractivity contribution in [2.24, 2.45) is 23.2 Å². The van der Waals surface area contributed by atoms with Crippen LogP contribution in [0.1, 0.15) is 69.4 Å². The van der Waals surface area contributed by atoms with Crippen LogP contribution >= 0.6 is 0 Å². The molecule has 4 rings (SSSR count). The molecule has 0 radical (unpaired) electrons. The molecule has 136 valence electrons. The van der Waals surface area contributed by atoms with Gasteiger partial charge in [-0.05, 0) is 97.3 Å². The van der Waals surface area contributed by atoms with Crippen molar-refractivity contribution >= 4 is 5.97 Å². The van der Waals surface area contributed by atoms with Crippen molar-refractivity contribution in [2.45, 2.75) is 64.7 Å². The zero-order chi connectivity index (χ0) is 17.6. The van der Waals surface area contributed by atoms with Crippen molar-refractivity contribution in [3.8, 4) is 5.75 Å². The molecular formula is C22H30O3. The molecule has 2 saturated carbocycles. The summed E-state index contributed by atoms with van der Waals surface area (Å²) in [5.74, 6) is 3.21. The molecule has 1 aromatic carbocycles. The molecule has 5 unspecified atom stereocenters. The fourth-order valence-electron chi connectivity index (χ4n) is 6.50. The van der Waals surface area contributed by atoms with E-state index in [9.17, 15) is 9.90 Å². The summed E-state index contributed by atoms with van der Waals surface area (Å²) in [5, 5.41) is 9.80. The third kappa shape index (κ3) is 2.86. The highest BCUT2D eigenvalue weighted by Crippen LogP contribution is 2.63. The molecule has 3 nitrogen and oxygen atoms in total. The van der Waals surface area contributed by atoms with Crippen molar-refractivity contribution < 1.29 is 14.6 Å². The van der Waals surface area contributed by atoms with Gasteiger partial charge in [0.05, 0.1) is 6.61 Å². The molecule has 1 N–H and O–H groups in total. The van der Waals surface area contributed by atoms with E-state index in [1.807, 2.05) is 12.1 Å². The first-order valence-corrected chi connectivity index (χ1v) is 9.94. The predicted octanol–water partition coefficient (Wildman–Crippen LogP) is 4.82. The lowest BCUT2D eigenvalue weighted by atomic mass is 9.54. The molecule has 25 heavy (non-hydrogen) atoms. The Hall–Kier alpha value is -1.51. The summed E-state index contributed by atoms with van der Waals surface area (Å²) in [4.78, 5) is 11.1. The van der Waals surface area contributed by atoms with Crippen LogP contribution in [-0.2, 0) is 16.0 Å². The molecule has 0 aromatic heterocycles. The van der Waals surface area contributed by atoms with Crippen molar-refractivity contribution in [3.05, 3.63) is 29.3 Å². The van der Waals surface area contributed by atoms with E-state index in [-0.39, 0.29) is 5.97 Å². The predicted molar refractivity (Wildman–Crippen MR) is 97.5 cm³/mol. The normalized spacial score (nSPS) is 36.2. The number of esters is 1. The second kappa shape index (κ2) is 6.34. The van der Waals surface area contributed by atoms with Crippen LogP contribution in [-0.4, -0.2) is 17.7 Å². The van der Waals surface area contributed by atoms with Crippen molar-refractivity contribution in [2.75, 3.05) is 6.61 Å². The Morgan fingerprint density at radius 1 is 1.28 bits per heavy atom. The minimum absolute atomic E-state index is 0.157. The summed E-state index contributed by atoms with van der Waals surface area (Å²) in [6, 6.07) is 6.03. The molecule has 3 aliphatic carbocycles. The van der Waals surface area contributed by atoms with Crippen molar-refractivity contribution in [1.29, 1.82) is 0 Å². The molecule has 1 aromatic rings. The minimum Gasteiger partial charge on any atom is -0.508 e. The Labute approximate surface area is 150 Å². The molecule has 0 saturated heterocycles. The highest BCUT2D eigenvalue weighted by molar-refractivity contribution is 5.65. The summed E-state index contributed by atoms with van der Waals surface area (Å²) in [6.45, 7) is 4.59. The van der Waals surface area contributed by atoms with Crippen LogP contribution in [0.4, 0.5) is 0 Å². The number of carbonyl (C=O) groups is 1. The van der Waals surface area contributed by atoms with E-state index < -0.39 is 0 Å². The lowest BCUT2D eigenvalue weighted by Gasteiger charge is -2.51. The molecular weight excluding hydrogens is 312 g/mol. The summed E-state index contributed by atoms with van der Waals surface area (Å²) in [5.41, 5.74) is 3.28. The highest BCUT2D eigenvalue weighted by Gasteiger charge is 2.54. The topological polar surface area (TPSA) is 46.5 Å². The quantitative estimate of drug-likeness (QED) is 0.801.